The third-order valence-corrected chi connectivity index (χ3v) is 2.36. The molecular weight excluding hydrogens is 228 g/mol. The Hall–Kier alpha value is -0.950. The molecular formula is C11H20O6. The fraction of sp³-hybridized carbons (Fsp3) is 0.727. The molecule has 0 aromatic heterocycles. The number of ether oxygens (including phenoxy) is 1. The molecule has 5 atom stereocenters. The summed E-state index contributed by atoms with van der Waals surface area (Å²) in [6.45, 7) is 6.94. The fourth-order valence-electron chi connectivity index (χ4n) is 1.49. The molecule has 1 aliphatic rings. The summed E-state index contributed by atoms with van der Waals surface area (Å²) >= 11 is 0. The number of carboxylic acids is 1. The van der Waals surface area contributed by atoms with Crippen molar-refractivity contribution >= 4 is 5.97 Å². The van der Waals surface area contributed by atoms with Crippen molar-refractivity contribution in [1.29, 1.82) is 0 Å². The summed E-state index contributed by atoms with van der Waals surface area (Å²) < 4.78 is 4.93. The lowest BCUT2D eigenvalue weighted by molar-refractivity contribution is -0.227. The molecule has 6 heteroatoms. The average molecular weight is 248 g/mol. The predicted molar refractivity (Wildman–Crippen MR) is 60.5 cm³/mol. The van der Waals surface area contributed by atoms with Crippen LogP contribution in [0.2, 0.25) is 0 Å². The molecule has 6 nitrogen and oxygen atoms in total. The summed E-state index contributed by atoms with van der Waals surface area (Å²) in [4.78, 5) is 10.6. The van der Waals surface area contributed by atoms with Crippen LogP contribution < -0.4 is 0 Å². The van der Waals surface area contributed by atoms with Crippen LogP contribution in [0.4, 0.5) is 0 Å². The monoisotopic (exact) mass is 248 g/mol. The zero-order valence-corrected chi connectivity index (χ0v) is 9.98. The summed E-state index contributed by atoms with van der Waals surface area (Å²) in [5, 5.41) is 36.6. The molecule has 0 bridgehead atoms. The lowest BCUT2D eigenvalue weighted by atomic mass is 9.94. The first-order valence-electron chi connectivity index (χ1n) is 5.40. The zero-order valence-electron chi connectivity index (χ0n) is 9.98. The number of allylic oxidation sites excluding steroid dienone is 1. The quantitative estimate of drug-likeness (QED) is 0.492. The molecule has 5 unspecified atom stereocenters. The SMILES string of the molecule is C=CC.CCC1OC(C(=O)O)C(O)C(O)C1O. The van der Waals surface area contributed by atoms with Crippen molar-refractivity contribution in [3.8, 4) is 0 Å². The molecule has 0 saturated carbocycles. The Balaban J connectivity index is 0.000000770. The van der Waals surface area contributed by atoms with Gasteiger partial charge in [0.05, 0.1) is 6.10 Å². The maximum absolute atomic E-state index is 10.6. The lowest BCUT2D eigenvalue weighted by Crippen LogP contribution is -2.59. The Kier molecular flexibility index (Phi) is 6.98. The van der Waals surface area contributed by atoms with Crippen molar-refractivity contribution < 1.29 is 30.0 Å². The van der Waals surface area contributed by atoms with Gasteiger partial charge in [-0.25, -0.2) is 4.79 Å². The molecule has 4 N–H and O–H groups in total. The Bertz CT molecular complexity index is 252. The van der Waals surface area contributed by atoms with E-state index in [-0.39, 0.29) is 0 Å². The predicted octanol–water partition coefficient (Wildman–Crippen LogP) is -0.477. The molecule has 0 spiro atoms. The van der Waals surface area contributed by atoms with Gasteiger partial charge in [-0.2, -0.15) is 0 Å². The number of carboxylic acid groups (broad SMARTS) is 1. The molecule has 17 heavy (non-hydrogen) atoms. The standard InChI is InChI=1S/C8H14O6.C3H6/c1-2-3-4(9)5(10)6(11)7(14-3)8(12)13;1-3-2/h3-7,9-11H,2H2,1H3,(H,12,13);3H,1H2,2H3. The average Bonchev–Trinajstić information content (AvgIpc) is 2.27. The van der Waals surface area contributed by atoms with Gasteiger partial charge in [0.15, 0.2) is 6.10 Å². The Morgan fingerprint density at radius 3 is 2.12 bits per heavy atom. The number of carbonyl (C=O) groups is 1. The van der Waals surface area contributed by atoms with Crippen molar-refractivity contribution in [2.45, 2.75) is 50.8 Å². The molecule has 1 heterocycles. The van der Waals surface area contributed by atoms with Gasteiger partial charge >= 0.3 is 5.97 Å². The van der Waals surface area contributed by atoms with Crippen LogP contribution in [0.25, 0.3) is 0 Å². The van der Waals surface area contributed by atoms with Gasteiger partial charge in [0.1, 0.15) is 18.3 Å². The summed E-state index contributed by atoms with van der Waals surface area (Å²) in [5.74, 6) is -1.35. The molecule has 1 fully saturated rings. The van der Waals surface area contributed by atoms with E-state index in [1.165, 1.54) is 0 Å². The number of rotatable bonds is 2. The van der Waals surface area contributed by atoms with Crippen molar-refractivity contribution in [3.63, 3.8) is 0 Å². The van der Waals surface area contributed by atoms with Crippen LogP contribution in [0.1, 0.15) is 20.3 Å². The van der Waals surface area contributed by atoms with E-state index >= 15 is 0 Å². The highest BCUT2D eigenvalue weighted by Crippen LogP contribution is 2.23. The largest absolute Gasteiger partial charge is 0.479 e. The fourth-order valence-corrected chi connectivity index (χ4v) is 1.49. The Labute approximate surface area is 100 Å². The Morgan fingerprint density at radius 1 is 1.29 bits per heavy atom. The number of aliphatic carboxylic acids is 1. The van der Waals surface area contributed by atoms with Crippen molar-refractivity contribution in [3.05, 3.63) is 12.7 Å². The molecule has 0 aliphatic carbocycles. The van der Waals surface area contributed by atoms with E-state index in [4.69, 9.17) is 9.84 Å². The number of hydrogen-bond acceptors (Lipinski definition) is 5. The number of hydrogen-bond donors (Lipinski definition) is 4. The zero-order chi connectivity index (χ0) is 13.6. The van der Waals surface area contributed by atoms with Crippen LogP contribution in [-0.4, -0.2) is 56.9 Å². The van der Waals surface area contributed by atoms with Crippen LogP contribution in [0.5, 0.6) is 0 Å². The lowest BCUT2D eigenvalue weighted by Gasteiger charge is -2.38. The van der Waals surface area contributed by atoms with Gasteiger partial charge in [-0.15, -0.1) is 6.58 Å². The van der Waals surface area contributed by atoms with Crippen LogP contribution >= 0.6 is 0 Å². The third kappa shape index (κ3) is 4.08. The van der Waals surface area contributed by atoms with Crippen molar-refractivity contribution in [2.24, 2.45) is 0 Å². The summed E-state index contributed by atoms with van der Waals surface area (Å²) in [6, 6.07) is 0. The molecule has 1 aliphatic heterocycles. The van der Waals surface area contributed by atoms with E-state index in [9.17, 15) is 20.1 Å². The first kappa shape index (κ1) is 16.1. The highest BCUT2D eigenvalue weighted by molar-refractivity contribution is 5.73. The minimum atomic E-state index is -1.59. The van der Waals surface area contributed by atoms with E-state index in [1.807, 2.05) is 6.92 Å². The van der Waals surface area contributed by atoms with E-state index in [2.05, 4.69) is 6.58 Å². The van der Waals surface area contributed by atoms with Gasteiger partial charge in [-0.3, -0.25) is 0 Å². The minimum Gasteiger partial charge on any atom is -0.479 e. The molecule has 1 rings (SSSR count). The summed E-state index contributed by atoms with van der Waals surface area (Å²) in [6.07, 6.45) is -4.42. The second kappa shape index (κ2) is 7.39. The number of aliphatic hydroxyl groups excluding tert-OH is 3. The van der Waals surface area contributed by atoms with Gasteiger partial charge < -0.3 is 25.2 Å². The molecule has 0 aromatic rings. The van der Waals surface area contributed by atoms with Crippen LogP contribution in [0.3, 0.4) is 0 Å². The first-order chi connectivity index (χ1) is 7.90. The second-order valence-electron chi connectivity index (χ2n) is 3.72. The third-order valence-electron chi connectivity index (χ3n) is 2.36. The minimum absolute atomic E-state index is 0.370. The van der Waals surface area contributed by atoms with E-state index in [0.717, 1.165) is 0 Å². The van der Waals surface area contributed by atoms with E-state index in [1.54, 1.807) is 13.0 Å². The molecule has 0 aromatic carbocycles. The maximum atomic E-state index is 10.6. The molecule has 0 radical (unpaired) electrons. The van der Waals surface area contributed by atoms with Gasteiger partial charge in [-0.05, 0) is 13.3 Å². The first-order valence-corrected chi connectivity index (χ1v) is 5.40. The van der Waals surface area contributed by atoms with Crippen LogP contribution in [0, 0.1) is 0 Å². The number of aliphatic hydroxyl groups is 3. The van der Waals surface area contributed by atoms with Gasteiger partial charge in [0, 0.05) is 0 Å². The van der Waals surface area contributed by atoms with Crippen molar-refractivity contribution in [2.75, 3.05) is 0 Å². The van der Waals surface area contributed by atoms with Crippen LogP contribution in [-0.2, 0) is 9.53 Å². The highest BCUT2D eigenvalue weighted by atomic mass is 16.6. The van der Waals surface area contributed by atoms with Gasteiger partial charge in [0.2, 0.25) is 0 Å². The summed E-state index contributed by atoms with van der Waals surface area (Å²) in [5.41, 5.74) is 0. The topological polar surface area (TPSA) is 107 Å². The second-order valence-corrected chi connectivity index (χ2v) is 3.72. The van der Waals surface area contributed by atoms with E-state index in [0.29, 0.717) is 6.42 Å². The van der Waals surface area contributed by atoms with E-state index < -0.39 is 36.5 Å². The highest BCUT2D eigenvalue weighted by Gasteiger charge is 2.45. The van der Waals surface area contributed by atoms with Crippen molar-refractivity contribution in [1.82, 2.24) is 0 Å². The smallest absolute Gasteiger partial charge is 0.335 e. The normalized spacial score (nSPS) is 36.6. The Morgan fingerprint density at radius 2 is 1.76 bits per heavy atom. The van der Waals surface area contributed by atoms with Gasteiger partial charge in [-0.1, -0.05) is 13.0 Å². The maximum Gasteiger partial charge on any atom is 0.335 e. The molecule has 100 valence electrons. The molecule has 1 saturated heterocycles. The summed E-state index contributed by atoms with van der Waals surface area (Å²) in [7, 11) is 0. The molecule has 0 amide bonds. The van der Waals surface area contributed by atoms with Gasteiger partial charge in [0.25, 0.3) is 0 Å². The van der Waals surface area contributed by atoms with Crippen LogP contribution in [0.15, 0.2) is 12.7 Å².